The number of ether oxygens (including phenoxy) is 1. The van der Waals surface area contributed by atoms with Crippen LogP contribution >= 0.6 is 15.9 Å². The maximum absolute atomic E-state index is 12.6. The second-order valence-electron chi connectivity index (χ2n) is 4.39. The van der Waals surface area contributed by atoms with Crippen LogP contribution in [0.25, 0.3) is 0 Å². The van der Waals surface area contributed by atoms with Crippen LogP contribution in [0.3, 0.4) is 0 Å². The molecule has 5 nitrogen and oxygen atoms in total. The highest BCUT2D eigenvalue weighted by atomic mass is 79.9. The lowest BCUT2D eigenvalue weighted by atomic mass is 10.3. The molecule has 0 bridgehead atoms. The van der Waals surface area contributed by atoms with Gasteiger partial charge in [-0.05, 0) is 48.0 Å². The van der Waals surface area contributed by atoms with Crippen LogP contribution in [-0.4, -0.2) is 39.0 Å². The van der Waals surface area contributed by atoms with Crippen LogP contribution in [0.5, 0.6) is 0 Å². The van der Waals surface area contributed by atoms with E-state index in [1.807, 2.05) is 13.8 Å². The quantitative estimate of drug-likeness (QED) is 0.797. The van der Waals surface area contributed by atoms with Gasteiger partial charge in [0.25, 0.3) is 0 Å². The molecule has 7 heteroatoms. The lowest BCUT2D eigenvalue weighted by Gasteiger charge is -2.26. The summed E-state index contributed by atoms with van der Waals surface area (Å²) in [5.74, 6) is 0. The van der Waals surface area contributed by atoms with Crippen molar-refractivity contribution in [3.05, 3.63) is 22.7 Å². The number of hydrogen-bond donors (Lipinski definition) is 1. The third-order valence-corrected chi connectivity index (χ3v) is 5.69. The molecule has 0 radical (unpaired) electrons. The molecule has 0 aliphatic carbocycles. The zero-order valence-corrected chi connectivity index (χ0v) is 13.7. The molecule has 19 heavy (non-hydrogen) atoms. The summed E-state index contributed by atoms with van der Waals surface area (Å²) in [7, 11) is -2.02. The van der Waals surface area contributed by atoms with Crippen molar-refractivity contribution in [3.8, 4) is 0 Å². The maximum Gasteiger partial charge on any atom is 0.244 e. The zero-order valence-electron chi connectivity index (χ0n) is 11.3. The fourth-order valence-electron chi connectivity index (χ4n) is 1.69. The minimum atomic E-state index is -3.57. The van der Waals surface area contributed by atoms with Crippen LogP contribution < -0.4 is 5.73 Å². The number of rotatable bonds is 6. The van der Waals surface area contributed by atoms with E-state index in [0.717, 1.165) is 0 Å². The number of nitrogen functional groups attached to an aromatic ring is 1. The Hall–Kier alpha value is -0.630. The van der Waals surface area contributed by atoms with E-state index in [0.29, 0.717) is 23.3 Å². The van der Waals surface area contributed by atoms with Crippen molar-refractivity contribution in [1.29, 1.82) is 0 Å². The molecule has 2 N–H and O–H groups in total. The van der Waals surface area contributed by atoms with Crippen LogP contribution in [-0.2, 0) is 14.8 Å². The molecule has 0 saturated carbocycles. The van der Waals surface area contributed by atoms with Gasteiger partial charge < -0.3 is 10.5 Å². The molecular weight excluding hydrogens is 332 g/mol. The van der Waals surface area contributed by atoms with Crippen LogP contribution in [0, 0.1) is 0 Å². The van der Waals surface area contributed by atoms with Gasteiger partial charge in [0.2, 0.25) is 10.0 Å². The third kappa shape index (κ3) is 3.92. The third-order valence-electron chi connectivity index (χ3n) is 2.63. The molecule has 0 aliphatic rings. The van der Waals surface area contributed by atoms with E-state index in [4.69, 9.17) is 10.5 Å². The Morgan fingerprint density at radius 2 is 2.05 bits per heavy atom. The lowest BCUT2D eigenvalue weighted by Crippen LogP contribution is -2.39. The number of sulfonamides is 1. The van der Waals surface area contributed by atoms with Crippen molar-refractivity contribution in [1.82, 2.24) is 4.31 Å². The van der Waals surface area contributed by atoms with Gasteiger partial charge >= 0.3 is 0 Å². The topological polar surface area (TPSA) is 72.6 Å². The summed E-state index contributed by atoms with van der Waals surface area (Å²) in [6.07, 6.45) is 0. The SMILES string of the molecule is COCCN(C(C)C)S(=O)(=O)c1ccc(N)cc1Br. The van der Waals surface area contributed by atoms with Gasteiger partial charge in [-0.3, -0.25) is 0 Å². The minimum Gasteiger partial charge on any atom is -0.399 e. The van der Waals surface area contributed by atoms with E-state index in [1.54, 1.807) is 19.2 Å². The largest absolute Gasteiger partial charge is 0.399 e. The Morgan fingerprint density at radius 3 is 2.53 bits per heavy atom. The molecule has 1 rings (SSSR count). The van der Waals surface area contributed by atoms with E-state index >= 15 is 0 Å². The highest BCUT2D eigenvalue weighted by Crippen LogP contribution is 2.27. The van der Waals surface area contributed by atoms with Crippen LogP contribution in [0.15, 0.2) is 27.6 Å². The Bertz CT molecular complexity index is 532. The first-order valence-electron chi connectivity index (χ1n) is 5.86. The van der Waals surface area contributed by atoms with Gasteiger partial charge in [0.15, 0.2) is 0 Å². The molecule has 0 fully saturated rings. The number of halogens is 1. The molecule has 0 spiro atoms. The van der Waals surface area contributed by atoms with Crippen LogP contribution in [0.1, 0.15) is 13.8 Å². The highest BCUT2D eigenvalue weighted by Gasteiger charge is 2.28. The molecule has 0 aliphatic heterocycles. The number of nitrogens with zero attached hydrogens (tertiary/aromatic N) is 1. The summed E-state index contributed by atoms with van der Waals surface area (Å²) in [5, 5.41) is 0. The van der Waals surface area contributed by atoms with Gasteiger partial charge in [-0.1, -0.05) is 0 Å². The number of benzene rings is 1. The summed E-state index contributed by atoms with van der Waals surface area (Å²) in [4.78, 5) is 0.214. The lowest BCUT2D eigenvalue weighted by molar-refractivity contribution is 0.171. The van der Waals surface area contributed by atoms with Crippen molar-refractivity contribution in [2.45, 2.75) is 24.8 Å². The minimum absolute atomic E-state index is 0.149. The first-order valence-corrected chi connectivity index (χ1v) is 8.09. The predicted octanol–water partition coefficient (Wildman–Crippen LogP) is 2.08. The molecule has 0 aromatic heterocycles. The molecule has 108 valence electrons. The first kappa shape index (κ1) is 16.4. The van der Waals surface area contributed by atoms with E-state index in [1.165, 1.54) is 10.4 Å². The van der Waals surface area contributed by atoms with Gasteiger partial charge in [-0.15, -0.1) is 0 Å². The van der Waals surface area contributed by atoms with Crippen molar-refractivity contribution >= 4 is 31.6 Å². The molecule has 0 amide bonds. The molecule has 0 heterocycles. The van der Waals surface area contributed by atoms with Crippen molar-refractivity contribution in [2.24, 2.45) is 0 Å². The number of methoxy groups -OCH3 is 1. The molecule has 1 aromatic rings. The Morgan fingerprint density at radius 1 is 1.42 bits per heavy atom. The normalized spacial score (nSPS) is 12.3. The molecule has 0 unspecified atom stereocenters. The van der Waals surface area contributed by atoms with E-state index < -0.39 is 10.0 Å². The second kappa shape index (κ2) is 6.69. The summed E-state index contributed by atoms with van der Waals surface area (Å²) < 4.78 is 32.1. The first-order chi connectivity index (χ1) is 8.80. The van der Waals surface area contributed by atoms with E-state index in [2.05, 4.69) is 15.9 Å². The molecule has 0 saturated heterocycles. The standard InChI is InChI=1S/C12H19BrN2O3S/c1-9(2)15(6-7-18-3)19(16,17)12-5-4-10(14)8-11(12)13/h4-5,8-9H,6-7,14H2,1-3H3. The highest BCUT2D eigenvalue weighted by molar-refractivity contribution is 9.10. The smallest absolute Gasteiger partial charge is 0.244 e. The van der Waals surface area contributed by atoms with Crippen molar-refractivity contribution < 1.29 is 13.2 Å². The monoisotopic (exact) mass is 350 g/mol. The van der Waals surface area contributed by atoms with Gasteiger partial charge in [0.05, 0.1) is 11.5 Å². The Labute approximate surface area is 122 Å². The number of anilines is 1. The van der Waals surface area contributed by atoms with Crippen molar-refractivity contribution in [2.75, 3.05) is 26.0 Å². The van der Waals surface area contributed by atoms with Gasteiger partial charge in [-0.2, -0.15) is 4.31 Å². The predicted molar refractivity (Wildman–Crippen MR) is 79.5 cm³/mol. The molecule has 1 aromatic carbocycles. The average Bonchev–Trinajstić information content (AvgIpc) is 2.27. The summed E-state index contributed by atoms with van der Waals surface area (Å²) >= 11 is 3.25. The summed E-state index contributed by atoms with van der Waals surface area (Å²) in [5.41, 5.74) is 6.14. The second-order valence-corrected chi connectivity index (χ2v) is 7.11. The maximum atomic E-state index is 12.6. The average molecular weight is 351 g/mol. The summed E-state index contributed by atoms with van der Waals surface area (Å²) in [6, 6.07) is 4.52. The zero-order chi connectivity index (χ0) is 14.6. The summed E-state index contributed by atoms with van der Waals surface area (Å²) in [6.45, 7) is 4.33. The van der Waals surface area contributed by atoms with Gasteiger partial charge in [0.1, 0.15) is 0 Å². The fourth-order valence-corrected chi connectivity index (χ4v) is 4.37. The van der Waals surface area contributed by atoms with Crippen molar-refractivity contribution in [3.63, 3.8) is 0 Å². The van der Waals surface area contributed by atoms with Crippen LogP contribution in [0.2, 0.25) is 0 Å². The number of hydrogen-bond acceptors (Lipinski definition) is 4. The van der Waals surface area contributed by atoms with E-state index in [-0.39, 0.29) is 10.9 Å². The Kier molecular flexibility index (Phi) is 5.79. The van der Waals surface area contributed by atoms with Gasteiger partial charge in [0, 0.05) is 29.9 Å². The van der Waals surface area contributed by atoms with E-state index in [9.17, 15) is 8.42 Å². The Balaban J connectivity index is 3.19. The molecular formula is C12H19BrN2O3S. The fraction of sp³-hybridized carbons (Fsp3) is 0.500. The number of nitrogens with two attached hydrogens (primary N) is 1. The van der Waals surface area contributed by atoms with Gasteiger partial charge in [-0.25, -0.2) is 8.42 Å². The molecule has 0 atom stereocenters. The van der Waals surface area contributed by atoms with Crippen LogP contribution in [0.4, 0.5) is 5.69 Å².